The summed E-state index contributed by atoms with van der Waals surface area (Å²) in [6.45, 7) is 4.10. The number of oxazole rings is 1. The minimum atomic E-state index is -0.0851. The highest BCUT2D eigenvalue weighted by Gasteiger charge is 2.36. The molecule has 0 bridgehead atoms. The maximum atomic E-state index is 12.5. The molecule has 1 unspecified atom stereocenters. The number of nitrogens with zero attached hydrogens (tertiary/aromatic N) is 2. The summed E-state index contributed by atoms with van der Waals surface area (Å²) in [5.41, 5.74) is 7.01. The summed E-state index contributed by atoms with van der Waals surface area (Å²) in [4.78, 5) is 18.6. The molecule has 0 spiro atoms. The minimum Gasteiger partial charge on any atom is -0.444 e. The zero-order valence-corrected chi connectivity index (χ0v) is 13.3. The standard InChI is InChI=1S/C16H19N3O2.ClH/c1-16(10-17)7-8-19(11-16)15(20)13-9-21-14(18-13)12-5-3-2-4-6-12;/h2-6,9H,7-8,10-11,17H2,1H3;1H. The number of hydrogen-bond acceptors (Lipinski definition) is 4. The summed E-state index contributed by atoms with van der Waals surface area (Å²) >= 11 is 0. The van der Waals surface area contributed by atoms with Crippen LogP contribution in [-0.2, 0) is 0 Å². The van der Waals surface area contributed by atoms with E-state index >= 15 is 0 Å². The Labute approximate surface area is 135 Å². The van der Waals surface area contributed by atoms with Crippen LogP contribution in [0.25, 0.3) is 11.5 Å². The Morgan fingerprint density at radius 1 is 1.41 bits per heavy atom. The number of hydrogen-bond donors (Lipinski definition) is 1. The van der Waals surface area contributed by atoms with Gasteiger partial charge in [0, 0.05) is 18.7 Å². The Bertz CT molecular complexity index is 644. The van der Waals surface area contributed by atoms with Crippen LogP contribution in [0.1, 0.15) is 23.8 Å². The second kappa shape index (κ2) is 6.50. The fourth-order valence-corrected chi connectivity index (χ4v) is 2.61. The molecule has 0 aliphatic carbocycles. The van der Waals surface area contributed by atoms with Crippen molar-refractivity contribution in [1.29, 1.82) is 0 Å². The number of nitrogens with two attached hydrogens (primary N) is 1. The molecule has 1 amide bonds. The average Bonchev–Trinajstić information content (AvgIpc) is 3.15. The fraction of sp³-hybridized carbons (Fsp3) is 0.375. The summed E-state index contributed by atoms with van der Waals surface area (Å²) < 4.78 is 5.43. The molecule has 5 nitrogen and oxygen atoms in total. The van der Waals surface area contributed by atoms with Crippen molar-refractivity contribution in [3.63, 3.8) is 0 Å². The maximum Gasteiger partial charge on any atom is 0.275 e. The highest BCUT2D eigenvalue weighted by atomic mass is 35.5. The highest BCUT2D eigenvalue weighted by Crippen LogP contribution is 2.29. The lowest BCUT2D eigenvalue weighted by Gasteiger charge is -2.21. The van der Waals surface area contributed by atoms with Gasteiger partial charge in [-0.1, -0.05) is 25.1 Å². The summed E-state index contributed by atoms with van der Waals surface area (Å²) in [7, 11) is 0. The van der Waals surface area contributed by atoms with E-state index in [1.165, 1.54) is 6.26 Å². The van der Waals surface area contributed by atoms with Crippen LogP contribution in [0.15, 0.2) is 41.0 Å². The minimum absolute atomic E-state index is 0. The van der Waals surface area contributed by atoms with Gasteiger partial charge in [-0.15, -0.1) is 12.4 Å². The van der Waals surface area contributed by atoms with Crippen molar-refractivity contribution in [2.75, 3.05) is 19.6 Å². The summed E-state index contributed by atoms with van der Waals surface area (Å²) in [6, 6.07) is 9.56. The molecule has 1 aliphatic heterocycles. The van der Waals surface area contributed by atoms with Crippen LogP contribution >= 0.6 is 12.4 Å². The molecule has 1 atom stereocenters. The molecule has 1 saturated heterocycles. The van der Waals surface area contributed by atoms with E-state index in [4.69, 9.17) is 10.2 Å². The Hall–Kier alpha value is -1.85. The van der Waals surface area contributed by atoms with E-state index in [-0.39, 0.29) is 23.7 Å². The van der Waals surface area contributed by atoms with E-state index in [2.05, 4.69) is 11.9 Å². The number of carbonyl (C=O) groups excluding carboxylic acids is 1. The Morgan fingerprint density at radius 2 is 2.14 bits per heavy atom. The molecule has 1 aromatic carbocycles. The van der Waals surface area contributed by atoms with Gasteiger partial charge in [0.2, 0.25) is 5.89 Å². The average molecular weight is 322 g/mol. The quantitative estimate of drug-likeness (QED) is 0.943. The number of likely N-dealkylation sites (tertiary alicyclic amines) is 1. The topological polar surface area (TPSA) is 72.4 Å². The van der Waals surface area contributed by atoms with Crippen LogP contribution in [0.5, 0.6) is 0 Å². The Morgan fingerprint density at radius 3 is 2.77 bits per heavy atom. The molecule has 2 heterocycles. The number of halogens is 1. The number of amides is 1. The first-order valence-electron chi connectivity index (χ1n) is 7.12. The van der Waals surface area contributed by atoms with Gasteiger partial charge in [-0.25, -0.2) is 4.98 Å². The second-order valence-corrected chi connectivity index (χ2v) is 5.90. The predicted molar refractivity (Wildman–Crippen MR) is 86.9 cm³/mol. The van der Waals surface area contributed by atoms with Crippen LogP contribution in [0.3, 0.4) is 0 Å². The van der Waals surface area contributed by atoms with Crippen LogP contribution < -0.4 is 5.73 Å². The van der Waals surface area contributed by atoms with Crippen LogP contribution in [-0.4, -0.2) is 35.4 Å². The van der Waals surface area contributed by atoms with E-state index in [0.717, 1.165) is 18.5 Å². The van der Waals surface area contributed by atoms with Gasteiger partial charge in [0.1, 0.15) is 6.26 Å². The SMILES string of the molecule is CC1(CN)CCN(C(=O)c2coc(-c3ccccc3)n2)C1.Cl. The first kappa shape index (κ1) is 16.5. The molecule has 22 heavy (non-hydrogen) atoms. The third-order valence-corrected chi connectivity index (χ3v) is 4.08. The van der Waals surface area contributed by atoms with Gasteiger partial charge in [0.15, 0.2) is 5.69 Å². The van der Waals surface area contributed by atoms with E-state index in [1.54, 1.807) is 4.90 Å². The van der Waals surface area contributed by atoms with Gasteiger partial charge < -0.3 is 15.1 Å². The van der Waals surface area contributed by atoms with Crippen molar-refractivity contribution in [3.8, 4) is 11.5 Å². The van der Waals surface area contributed by atoms with Crippen LogP contribution in [0.2, 0.25) is 0 Å². The fourth-order valence-electron chi connectivity index (χ4n) is 2.61. The predicted octanol–water partition coefficient (Wildman–Crippen LogP) is 2.57. The highest BCUT2D eigenvalue weighted by molar-refractivity contribution is 5.92. The Kier molecular flexibility index (Phi) is 4.88. The smallest absolute Gasteiger partial charge is 0.275 e. The summed E-state index contributed by atoms with van der Waals surface area (Å²) in [5, 5.41) is 0. The number of rotatable bonds is 3. The molecule has 0 radical (unpaired) electrons. The van der Waals surface area contributed by atoms with Crippen LogP contribution in [0, 0.1) is 5.41 Å². The summed E-state index contributed by atoms with van der Waals surface area (Å²) in [5.74, 6) is 0.387. The van der Waals surface area contributed by atoms with Gasteiger partial charge in [-0.2, -0.15) is 0 Å². The molecule has 2 N–H and O–H groups in total. The number of aromatic nitrogens is 1. The van der Waals surface area contributed by atoms with Gasteiger partial charge >= 0.3 is 0 Å². The van der Waals surface area contributed by atoms with E-state index < -0.39 is 0 Å². The van der Waals surface area contributed by atoms with Gasteiger partial charge in [0.05, 0.1) is 0 Å². The second-order valence-electron chi connectivity index (χ2n) is 5.90. The Balaban J connectivity index is 0.00000176. The number of carbonyl (C=O) groups is 1. The van der Waals surface area contributed by atoms with E-state index in [1.807, 2.05) is 30.3 Å². The van der Waals surface area contributed by atoms with Crippen molar-refractivity contribution in [3.05, 3.63) is 42.3 Å². The first-order valence-corrected chi connectivity index (χ1v) is 7.12. The van der Waals surface area contributed by atoms with Crippen molar-refractivity contribution in [2.24, 2.45) is 11.1 Å². The normalized spacial score (nSPS) is 20.7. The van der Waals surface area contributed by atoms with Crippen LogP contribution in [0.4, 0.5) is 0 Å². The molecular formula is C16H20ClN3O2. The van der Waals surface area contributed by atoms with Gasteiger partial charge in [-0.05, 0) is 30.5 Å². The monoisotopic (exact) mass is 321 g/mol. The molecule has 1 fully saturated rings. The zero-order valence-electron chi connectivity index (χ0n) is 12.5. The number of benzene rings is 1. The molecule has 1 aliphatic rings. The molecule has 118 valence electrons. The third kappa shape index (κ3) is 3.15. The molecule has 1 aromatic heterocycles. The van der Waals surface area contributed by atoms with E-state index in [9.17, 15) is 4.79 Å². The van der Waals surface area contributed by atoms with Crippen molar-refractivity contribution < 1.29 is 9.21 Å². The molecule has 2 aromatic rings. The molecule has 0 saturated carbocycles. The molecule has 6 heteroatoms. The lowest BCUT2D eigenvalue weighted by Crippen LogP contribution is -2.34. The largest absolute Gasteiger partial charge is 0.444 e. The zero-order chi connectivity index (χ0) is 14.9. The van der Waals surface area contributed by atoms with Crippen molar-refractivity contribution >= 4 is 18.3 Å². The lowest BCUT2D eigenvalue weighted by atomic mass is 9.90. The van der Waals surface area contributed by atoms with Crippen molar-refractivity contribution in [2.45, 2.75) is 13.3 Å². The van der Waals surface area contributed by atoms with Gasteiger partial charge in [-0.3, -0.25) is 4.79 Å². The third-order valence-electron chi connectivity index (χ3n) is 4.08. The van der Waals surface area contributed by atoms with E-state index in [0.29, 0.717) is 24.7 Å². The molecular weight excluding hydrogens is 302 g/mol. The van der Waals surface area contributed by atoms with Crippen molar-refractivity contribution in [1.82, 2.24) is 9.88 Å². The summed E-state index contributed by atoms with van der Waals surface area (Å²) in [6.07, 6.45) is 2.36. The first-order chi connectivity index (χ1) is 10.1. The maximum absolute atomic E-state index is 12.5. The molecule has 3 rings (SSSR count). The lowest BCUT2D eigenvalue weighted by molar-refractivity contribution is 0.0771. The van der Waals surface area contributed by atoms with Gasteiger partial charge in [0.25, 0.3) is 5.91 Å².